The lowest BCUT2D eigenvalue weighted by Gasteiger charge is -2.33. The molecule has 0 nitrogen and oxygen atoms in total. The van der Waals surface area contributed by atoms with Crippen LogP contribution in [0.3, 0.4) is 0 Å². The minimum atomic E-state index is -0.268. The number of fused-ring (bicyclic) bond motifs is 3. The zero-order chi connectivity index (χ0) is 18.6. The Bertz CT molecular complexity index is 1090. The Morgan fingerprint density at radius 3 is 1.85 bits per heavy atom. The van der Waals surface area contributed by atoms with Gasteiger partial charge in [-0.1, -0.05) is 83.9 Å². The van der Waals surface area contributed by atoms with Gasteiger partial charge < -0.3 is 0 Å². The summed E-state index contributed by atoms with van der Waals surface area (Å²) in [7, 11) is 0. The van der Waals surface area contributed by atoms with Crippen LogP contribution in [0.4, 0.5) is 0 Å². The first-order valence-electron chi connectivity index (χ1n) is 9.14. The molecular formula is C25H19BrS. The van der Waals surface area contributed by atoms with Crippen LogP contribution in [0, 0.1) is 13.8 Å². The van der Waals surface area contributed by atoms with E-state index in [2.05, 4.69) is 109 Å². The first-order valence-corrected chi connectivity index (χ1v) is 10.8. The Balaban J connectivity index is 1.94. The highest BCUT2D eigenvalue weighted by Gasteiger charge is 2.47. The third kappa shape index (κ3) is 2.40. The van der Waals surface area contributed by atoms with E-state index in [0.717, 1.165) is 0 Å². The van der Waals surface area contributed by atoms with Gasteiger partial charge in [0, 0.05) is 4.88 Å². The van der Waals surface area contributed by atoms with Gasteiger partial charge in [-0.25, -0.2) is 0 Å². The molecule has 1 aliphatic rings. The molecule has 1 heterocycles. The van der Waals surface area contributed by atoms with Gasteiger partial charge in [-0.2, -0.15) is 0 Å². The van der Waals surface area contributed by atoms with Crippen LogP contribution >= 0.6 is 27.3 Å². The maximum absolute atomic E-state index is 3.75. The van der Waals surface area contributed by atoms with E-state index in [1.54, 1.807) is 0 Å². The molecule has 5 rings (SSSR count). The van der Waals surface area contributed by atoms with Crippen molar-refractivity contribution in [3.05, 3.63) is 116 Å². The predicted octanol–water partition coefficient (Wildman–Crippen LogP) is 7.49. The van der Waals surface area contributed by atoms with E-state index in [4.69, 9.17) is 0 Å². The quantitative estimate of drug-likeness (QED) is 0.272. The maximum atomic E-state index is 3.75. The van der Waals surface area contributed by atoms with Crippen molar-refractivity contribution in [2.45, 2.75) is 19.3 Å². The van der Waals surface area contributed by atoms with Gasteiger partial charge >= 0.3 is 0 Å². The topological polar surface area (TPSA) is 0 Å². The normalized spacial score (nSPS) is 14.0. The van der Waals surface area contributed by atoms with Crippen LogP contribution in [-0.4, -0.2) is 0 Å². The van der Waals surface area contributed by atoms with E-state index in [9.17, 15) is 0 Å². The van der Waals surface area contributed by atoms with E-state index in [-0.39, 0.29) is 5.41 Å². The second kappa shape index (κ2) is 6.19. The van der Waals surface area contributed by atoms with Crippen molar-refractivity contribution in [2.24, 2.45) is 0 Å². The second-order valence-corrected chi connectivity index (χ2v) is 9.75. The first-order chi connectivity index (χ1) is 13.1. The van der Waals surface area contributed by atoms with Crippen molar-refractivity contribution in [1.29, 1.82) is 0 Å². The van der Waals surface area contributed by atoms with Gasteiger partial charge in [0.1, 0.15) is 0 Å². The molecule has 27 heavy (non-hydrogen) atoms. The van der Waals surface area contributed by atoms with Crippen molar-refractivity contribution in [1.82, 2.24) is 0 Å². The molecule has 3 aromatic carbocycles. The molecule has 0 radical (unpaired) electrons. The second-order valence-electron chi connectivity index (χ2n) is 7.32. The van der Waals surface area contributed by atoms with Crippen molar-refractivity contribution in [3.63, 3.8) is 0 Å². The molecule has 4 aromatic rings. The summed E-state index contributed by atoms with van der Waals surface area (Å²) >= 11 is 5.58. The van der Waals surface area contributed by atoms with E-state index >= 15 is 0 Å². The van der Waals surface area contributed by atoms with Crippen LogP contribution in [0.2, 0.25) is 0 Å². The lowest BCUT2D eigenvalue weighted by atomic mass is 9.68. The van der Waals surface area contributed by atoms with Crippen molar-refractivity contribution in [3.8, 4) is 10.4 Å². The highest BCUT2D eigenvalue weighted by atomic mass is 79.9. The van der Waals surface area contributed by atoms with Gasteiger partial charge in [0.05, 0.1) is 9.20 Å². The number of hydrogen-bond acceptors (Lipinski definition) is 1. The molecule has 0 bridgehead atoms. The van der Waals surface area contributed by atoms with Crippen LogP contribution < -0.4 is 0 Å². The zero-order valence-corrected chi connectivity index (χ0v) is 17.7. The summed E-state index contributed by atoms with van der Waals surface area (Å²) in [4.78, 5) is 1.37. The summed E-state index contributed by atoms with van der Waals surface area (Å²) in [5, 5.41) is 0. The molecule has 2 heteroatoms. The summed E-state index contributed by atoms with van der Waals surface area (Å²) in [6.07, 6.45) is 0. The van der Waals surface area contributed by atoms with Crippen LogP contribution in [0.5, 0.6) is 0 Å². The molecule has 1 aliphatic carbocycles. The van der Waals surface area contributed by atoms with Gasteiger partial charge in [0.2, 0.25) is 0 Å². The number of halogens is 1. The SMILES string of the molecule is Cc1ccc(C2(c3ccc(C)cc3)c3ccccc3-c3sc(Br)cc32)cc1. The standard InChI is InChI=1S/C25H19BrS/c1-16-7-11-18(12-8-16)25(19-13-9-17(2)10-14-19)21-6-4-3-5-20(21)24-22(25)15-23(26)27-24/h3-15H,1-2H3. The molecule has 1 aromatic heterocycles. The summed E-state index contributed by atoms with van der Waals surface area (Å²) in [6, 6.07) is 29.3. The lowest BCUT2D eigenvalue weighted by molar-refractivity contribution is 0.769. The van der Waals surface area contributed by atoms with Gasteiger partial charge in [-0.3, -0.25) is 0 Å². The van der Waals surface area contributed by atoms with Gasteiger partial charge in [0.25, 0.3) is 0 Å². The molecular weight excluding hydrogens is 412 g/mol. The van der Waals surface area contributed by atoms with Crippen LogP contribution in [-0.2, 0) is 5.41 Å². The summed E-state index contributed by atoms with van der Waals surface area (Å²) in [5.41, 5.74) is 9.08. The Kier molecular flexibility index (Phi) is 3.89. The highest BCUT2D eigenvalue weighted by molar-refractivity contribution is 9.11. The molecule has 0 unspecified atom stereocenters. The molecule has 0 saturated heterocycles. The summed E-state index contributed by atoms with van der Waals surface area (Å²) < 4.78 is 1.19. The van der Waals surface area contributed by atoms with Crippen LogP contribution in [0.1, 0.15) is 33.4 Å². The molecule has 0 N–H and O–H groups in total. The lowest BCUT2D eigenvalue weighted by Crippen LogP contribution is -2.28. The van der Waals surface area contributed by atoms with E-state index < -0.39 is 0 Å². The first kappa shape index (κ1) is 17.0. The number of rotatable bonds is 2. The number of benzene rings is 3. The summed E-state index contributed by atoms with van der Waals surface area (Å²) in [5.74, 6) is 0. The van der Waals surface area contributed by atoms with Gasteiger partial charge in [-0.05, 0) is 63.7 Å². The van der Waals surface area contributed by atoms with Crippen LogP contribution in [0.25, 0.3) is 10.4 Å². The Hall–Kier alpha value is -2.16. The Morgan fingerprint density at radius 2 is 1.26 bits per heavy atom. The maximum Gasteiger partial charge on any atom is 0.0722 e. The van der Waals surface area contributed by atoms with Crippen molar-refractivity contribution in [2.75, 3.05) is 0 Å². The van der Waals surface area contributed by atoms with E-state index in [1.807, 2.05) is 11.3 Å². The van der Waals surface area contributed by atoms with Crippen molar-refractivity contribution >= 4 is 27.3 Å². The molecule has 132 valence electrons. The smallest absolute Gasteiger partial charge is 0.0722 e. The highest BCUT2D eigenvalue weighted by Crippen LogP contribution is 2.59. The monoisotopic (exact) mass is 430 g/mol. The largest absolute Gasteiger partial charge is 0.128 e. The predicted molar refractivity (Wildman–Crippen MR) is 119 cm³/mol. The molecule has 0 amide bonds. The van der Waals surface area contributed by atoms with Gasteiger partial charge in [0.15, 0.2) is 0 Å². The van der Waals surface area contributed by atoms with Crippen molar-refractivity contribution < 1.29 is 0 Å². The molecule has 0 fully saturated rings. The van der Waals surface area contributed by atoms with E-state index in [1.165, 1.54) is 47.6 Å². The Morgan fingerprint density at radius 1 is 0.704 bits per heavy atom. The Labute approximate surface area is 172 Å². The zero-order valence-electron chi connectivity index (χ0n) is 15.3. The minimum absolute atomic E-state index is 0.268. The summed E-state index contributed by atoms with van der Waals surface area (Å²) in [6.45, 7) is 4.30. The molecule has 0 spiro atoms. The fraction of sp³-hybridized carbons (Fsp3) is 0.120. The fourth-order valence-corrected chi connectivity index (χ4v) is 6.08. The minimum Gasteiger partial charge on any atom is -0.128 e. The third-order valence-electron chi connectivity index (χ3n) is 5.65. The average molecular weight is 431 g/mol. The fourth-order valence-electron chi connectivity index (χ4n) is 4.39. The van der Waals surface area contributed by atoms with Crippen LogP contribution in [0.15, 0.2) is 82.6 Å². The third-order valence-corrected chi connectivity index (χ3v) is 7.32. The molecule has 0 atom stereocenters. The molecule has 0 aliphatic heterocycles. The molecule has 0 saturated carbocycles. The number of aryl methyl sites for hydroxylation is 2. The number of thiophene rings is 1. The number of hydrogen-bond donors (Lipinski definition) is 0. The average Bonchev–Trinajstić information content (AvgIpc) is 3.18. The van der Waals surface area contributed by atoms with Gasteiger partial charge in [-0.15, -0.1) is 11.3 Å². The van der Waals surface area contributed by atoms with E-state index in [0.29, 0.717) is 0 Å².